The van der Waals surface area contributed by atoms with Gasteiger partial charge in [0.2, 0.25) is 0 Å². The molecule has 1 aromatic carbocycles. The summed E-state index contributed by atoms with van der Waals surface area (Å²) >= 11 is 4.34. The molecule has 2 N–H and O–H groups in total. The molecule has 2 rings (SSSR count). The Morgan fingerprint density at radius 2 is 2.29 bits per heavy atom. The van der Waals surface area contributed by atoms with Gasteiger partial charge in [-0.15, -0.1) is 0 Å². The lowest BCUT2D eigenvalue weighted by Crippen LogP contribution is -2.34. The highest BCUT2D eigenvalue weighted by Crippen LogP contribution is 2.28. The van der Waals surface area contributed by atoms with Crippen LogP contribution in [0.15, 0.2) is 30.0 Å². The maximum absolute atomic E-state index is 12.5. The molecule has 1 heterocycles. The molecular formula is C19H28N2O2S. The van der Waals surface area contributed by atoms with Crippen LogP contribution in [0.1, 0.15) is 31.7 Å². The van der Waals surface area contributed by atoms with E-state index in [2.05, 4.69) is 30.2 Å². The molecule has 2 atom stereocenters. The van der Waals surface area contributed by atoms with Gasteiger partial charge < -0.3 is 15.4 Å². The van der Waals surface area contributed by atoms with Crippen LogP contribution in [0.4, 0.5) is 5.69 Å². The predicted molar refractivity (Wildman–Crippen MR) is 103 cm³/mol. The van der Waals surface area contributed by atoms with E-state index in [-0.39, 0.29) is 12.0 Å². The number of hydrogen-bond donors (Lipinski definition) is 3. The van der Waals surface area contributed by atoms with Crippen LogP contribution in [0.3, 0.4) is 0 Å². The highest BCUT2D eigenvalue weighted by molar-refractivity contribution is 7.80. The Labute approximate surface area is 150 Å². The monoisotopic (exact) mass is 348 g/mol. The summed E-state index contributed by atoms with van der Waals surface area (Å²) in [5, 5.41) is 7.00. The van der Waals surface area contributed by atoms with E-state index in [4.69, 9.17) is 4.74 Å². The molecule has 1 aliphatic heterocycles. The molecule has 5 heteroatoms. The Bertz CT molecular complexity index is 601. The third kappa shape index (κ3) is 4.54. The Balaban J connectivity index is 2.21. The van der Waals surface area contributed by atoms with E-state index < -0.39 is 0 Å². The molecule has 0 amide bonds. The van der Waals surface area contributed by atoms with Gasteiger partial charge in [0.15, 0.2) is 0 Å². The molecule has 0 saturated carbocycles. The average molecular weight is 349 g/mol. The van der Waals surface area contributed by atoms with Gasteiger partial charge in [0.1, 0.15) is 11.5 Å². The smallest absolute Gasteiger partial charge is 0.137 e. The normalized spacial score (nSPS) is 22.2. The Morgan fingerprint density at radius 3 is 2.96 bits per heavy atom. The number of anilines is 1. The number of nitrogens with one attached hydrogen (secondary N) is 2. The summed E-state index contributed by atoms with van der Waals surface area (Å²) in [5.41, 5.74) is 3.05. The molecule has 0 aliphatic carbocycles. The maximum Gasteiger partial charge on any atom is 0.137 e. The molecule has 1 saturated heterocycles. The first-order valence-electron chi connectivity index (χ1n) is 8.58. The Kier molecular flexibility index (Phi) is 7.18. The molecule has 24 heavy (non-hydrogen) atoms. The second-order valence-corrected chi connectivity index (χ2v) is 6.54. The average Bonchev–Trinajstić information content (AvgIpc) is 2.77. The van der Waals surface area contributed by atoms with E-state index in [0.29, 0.717) is 18.0 Å². The molecule has 1 aromatic rings. The standard InChI is InChI=1S/C19H28N2O2S/c1-4-14-8-10-20-17(12-18(14)22)16(9-11-24)21-15-6-5-7-19(23-3)13(15)2/h5-7,9,14,17,20-21,24H,4,8,10-12H2,1-3H3/b16-9+/t14-,17?/m0/s1. The minimum Gasteiger partial charge on any atom is -0.496 e. The first-order valence-corrected chi connectivity index (χ1v) is 9.21. The van der Waals surface area contributed by atoms with Crippen molar-refractivity contribution in [2.45, 2.75) is 39.2 Å². The van der Waals surface area contributed by atoms with Gasteiger partial charge in [0.25, 0.3) is 0 Å². The zero-order valence-corrected chi connectivity index (χ0v) is 15.7. The summed E-state index contributed by atoms with van der Waals surface area (Å²) in [7, 11) is 1.67. The number of Topliss-reactive ketones (excluding diaryl/α,β-unsaturated/α-hetero) is 1. The molecule has 0 spiro atoms. The first kappa shape index (κ1) is 18.9. The quantitative estimate of drug-likeness (QED) is 0.688. The molecule has 0 aromatic heterocycles. The second-order valence-electron chi connectivity index (χ2n) is 6.17. The molecule has 4 nitrogen and oxygen atoms in total. The van der Waals surface area contributed by atoms with Gasteiger partial charge in [-0.3, -0.25) is 4.79 Å². The van der Waals surface area contributed by atoms with Crippen LogP contribution >= 0.6 is 12.6 Å². The van der Waals surface area contributed by atoms with Crippen molar-refractivity contribution in [3.63, 3.8) is 0 Å². The van der Waals surface area contributed by atoms with Gasteiger partial charge in [-0.05, 0) is 38.4 Å². The third-order valence-corrected chi connectivity index (χ3v) is 4.89. The summed E-state index contributed by atoms with van der Waals surface area (Å²) in [5.74, 6) is 2.00. The Morgan fingerprint density at radius 1 is 1.50 bits per heavy atom. The van der Waals surface area contributed by atoms with Crippen molar-refractivity contribution in [3.05, 3.63) is 35.5 Å². The fraction of sp³-hybridized carbons (Fsp3) is 0.526. The fourth-order valence-corrected chi connectivity index (χ4v) is 3.39. The van der Waals surface area contributed by atoms with Crippen molar-refractivity contribution < 1.29 is 9.53 Å². The van der Waals surface area contributed by atoms with Crippen molar-refractivity contribution in [2.75, 3.05) is 24.7 Å². The third-order valence-electron chi connectivity index (χ3n) is 4.71. The van der Waals surface area contributed by atoms with E-state index >= 15 is 0 Å². The highest BCUT2D eigenvalue weighted by atomic mass is 32.1. The minimum absolute atomic E-state index is 0.00630. The van der Waals surface area contributed by atoms with Gasteiger partial charge in [-0.1, -0.05) is 19.1 Å². The summed E-state index contributed by atoms with van der Waals surface area (Å²) < 4.78 is 5.39. The summed E-state index contributed by atoms with van der Waals surface area (Å²) in [6.45, 7) is 4.97. The maximum atomic E-state index is 12.5. The highest BCUT2D eigenvalue weighted by Gasteiger charge is 2.26. The van der Waals surface area contributed by atoms with E-state index in [0.717, 1.165) is 42.1 Å². The predicted octanol–water partition coefficient (Wildman–Crippen LogP) is 3.58. The molecular weight excluding hydrogens is 320 g/mol. The van der Waals surface area contributed by atoms with Crippen LogP contribution < -0.4 is 15.4 Å². The molecule has 1 aliphatic rings. The summed E-state index contributed by atoms with van der Waals surface area (Å²) in [6.07, 6.45) is 4.40. The van der Waals surface area contributed by atoms with Gasteiger partial charge in [-0.2, -0.15) is 12.6 Å². The van der Waals surface area contributed by atoms with E-state index in [1.165, 1.54) is 0 Å². The van der Waals surface area contributed by atoms with Crippen LogP contribution in [0.25, 0.3) is 0 Å². The lowest BCUT2D eigenvalue weighted by Gasteiger charge is -2.22. The molecule has 0 radical (unpaired) electrons. The number of rotatable bonds is 6. The van der Waals surface area contributed by atoms with Crippen LogP contribution in [0.2, 0.25) is 0 Å². The lowest BCUT2D eigenvalue weighted by atomic mass is 9.94. The number of carbonyl (C=O) groups is 1. The van der Waals surface area contributed by atoms with Crippen LogP contribution in [0, 0.1) is 12.8 Å². The van der Waals surface area contributed by atoms with Crippen molar-refractivity contribution in [1.82, 2.24) is 5.32 Å². The van der Waals surface area contributed by atoms with Gasteiger partial charge in [0, 0.05) is 35.0 Å². The van der Waals surface area contributed by atoms with Gasteiger partial charge in [0.05, 0.1) is 13.2 Å². The van der Waals surface area contributed by atoms with Crippen molar-refractivity contribution in [3.8, 4) is 5.75 Å². The second kappa shape index (κ2) is 9.14. The number of carbonyl (C=O) groups excluding carboxylic acids is 1. The number of benzene rings is 1. The van der Waals surface area contributed by atoms with Crippen LogP contribution in [-0.2, 0) is 4.79 Å². The Hall–Kier alpha value is -1.46. The zero-order chi connectivity index (χ0) is 17.5. The topological polar surface area (TPSA) is 50.4 Å². The molecule has 0 bridgehead atoms. The van der Waals surface area contributed by atoms with E-state index in [1.807, 2.05) is 31.2 Å². The van der Waals surface area contributed by atoms with Gasteiger partial charge in [-0.25, -0.2) is 0 Å². The van der Waals surface area contributed by atoms with Crippen LogP contribution in [0.5, 0.6) is 5.75 Å². The lowest BCUT2D eigenvalue weighted by molar-refractivity contribution is -0.122. The first-order chi connectivity index (χ1) is 11.6. The molecule has 1 unspecified atom stereocenters. The van der Waals surface area contributed by atoms with E-state index in [9.17, 15) is 4.79 Å². The SMILES string of the molecule is CC[C@H]1CCNC(/C(=C\CS)Nc2cccc(OC)c2C)CC1=O. The zero-order valence-electron chi connectivity index (χ0n) is 14.8. The number of methoxy groups -OCH3 is 1. The molecule has 1 fully saturated rings. The number of ketones is 1. The summed E-state index contributed by atoms with van der Waals surface area (Å²) in [6, 6.07) is 5.94. The number of ether oxygens (including phenoxy) is 1. The largest absolute Gasteiger partial charge is 0.496 e. The minimum atomic E-state index is 0.00630. The number of thiol groups is 1. The number of hydrogen-bond acceptors (Lipinski definition) is 5. The van der Waals surface area contributed by atoms with Crippen molar-refractivity contribution in [2.24, 2.45) is 5.92 Å². The summed E-state index contributed by atoms with van der Waals surface area (Å²) in [4.78, 5) is 12.5. The fourth-order valence-electron chi connectivity index (χ4n) is 3.19. The van der Waals surface area contributed by atoms with E-state index in [1.54, 1.807) is 7.11 Å². The van der Waals surface area contributed by atoms with Gasteiger partial charge >= 0.3 is 0 Å². The molecule has 132 valence electrons. The van der Waals surface area contributed by atoms with Crippen LogP contribution in [-0.4, -0.2) is 31.2 Å². The van der Waals surface area contributed by atoms with Crippen molar-refractivity contribution in [1.29, 1.82) is 0 Å². The van der Waals surface area contributed by atoms with Crippen molar-refractivity contribution >= 4 is 24.1 Å².